The van der Waals surface area contributed by atoms with Crippen LogP contribution < -0.4 is 20.5 Å². The smallest absolute Gasteiger partial charge is 0.273 e. The molecule has 1 aromatic carbocycles. The third-order valence-electron chi connectivity index (χ3n) is 8.09. The Labute approximate surface area is 255 Å². The van der Waals surface area contributed by atoms with E-state index in [9.17, 15) is 14.7 Å². The van der Waals surface area contributed by atoms with Crippen LogP contribution in [-0.2, 0) is 4.79 Å². The number of carbonyl (C=O) groups excluding carboxylic acids is 2. The van der Waals surface area contributed by atoms with Crippen LogP contribution in [0.1, 0.15) is 87.4 Å². The van der Waals surface area contributed by atoms with Crippen molar-refractivity contribution in [1.82, 2.24) is 15.2 Å². The molecule has 9 nitrogen and oxygen atoms in total. The van der Waals surface area contributed by atoms with Crippen molar-refractivity contribution in [1.29, 1.82) is 0 Å². The van der Waals surface area contributed by atoms with Gasteiger partial charge in [-0.2, -0.15) is 0 Å². The third kappa shape index (κ3) is 14.0. The number of primary amides is 1. The van der Waals surface area contributed by atoms with Gasteiger partial charge in [0.05, 0.1) is 0 Å². The van der Waals surface area contributed by atoms with Gasteiger partial charge in [0.1, 0.15) is 25.1 Å². The molecule has 2 amide bonds. The van der Waals surface area contributed by atoms with Crippen LogP contribution >= 0.6 is 11.3 Å². The number of benzene rings is 1. The highest BCUT2D eigenvalue weighted by Crippen LogP contribution is 2.29. The van der Waals surface area contributed by atoms with Crippen LogP contribution in [0.4, 0.5) is 0 Å². The van der Waals surface area contributed by atoms with Crippen molar-refractivity contribution >= 4 is 23.7 Å². The summed E-state index contributed by atoms with van der Waals surface area (Å²) in [4.78, 5) is 28.0. The molecule has 234 valence electrons. The molecular formula is C32H50N4O5S. The van der Waals surface area contributed by atoms with Crippen LogP contribution in [-0.4, -0.2) is 72.8 Å². The fraction of sp³-hybridized carbons (Fsp3) is 0.656. The van der Waals surface area contributed by atoms with E-state index >= 15 is 0 Å². The zero-order valence-corrected chi connectivity index (χ0v) is 25.8. The number of nitrogens with one attached hydrogen (secondary N) is 1. The number of aliphatic hydroxyl groups is 1. The van der Waals surface area contributed by atoms with Crippen LogP contribution in [0, 0.1) is 11.8 Å². The summed E-state index contributed by atoms with van der Waals surface area (Å²) in [6.07, 6.45) is 18.7. The van der Waals surface area contributed by atoms with Gasteiger partial charge in [-0.15, -0.1) is 0 Å². The molecule has 0 bridgehead atoms. The molecule has 4 N–H and O–H groups in total. The number of hydrogen-bond donors (Lipinski definition) is 3. The molecule has 2 aromatic rings. The van der Waals surface area contributed by atoms with Crippen molar-refractivity contribution in [3.05, 3.63) is 41.4 Å². The molecule has 42 heavy (non-hydrogen) atoms. The quantitative estimate of drug-likeness (QED) is 0.152. The lowest BCUT2D eigenvalue weighted by Crippen LogP contribution is -2.33. The lowest BCUT2D eigenvalue weighted by atomic mass is 10.0. The topological polar surface area (TPSA) is 127 Å². The average molecular weight is 603 g/mol. The lowest BCUT2D eigenvalue weighted by Gasteiger charge is -2.19. The zero-order chi connectivity index (χ0) is 29.8. The molecule has 1 aromatic heterocycles. The average Bonchev–Trinajstić information content (AvgIpc) is 3.80. The van der Waals surface area contributed by atoms with E-state index in [-0.39, 0.29) is 6.61 Å². The van der Waals surface area contributed by atoms with Crippen molar-refractivity contribution in [3.63, 3.8) is 0 Å². The number of carbonyl (C=O) groups is 2. The van der Waals surface area contributed by atoms with Crippen LogP contribution in [0.5, 0.6) is 10.9 Å². The largest absolute Gasteiger partial charge is 0.492 e. The van der Waals surface area contributed by atoms with Gasteiger partial charge in [-0.25, -0.2) is 4.98 Å². The molecule has 2 saturated carbocycles. The second-order valence-electron chi connectivity index (χ2n) is 11.4. The van der Waals surface area contributed by atoms with Gasteiger partial charge in [0, 0.05) is 43.3 Å². The molecule has 1 unspecified atom stereocenters. The highest BCUT2D eigenvalue weighted by Gasteiger charge is 2.16. The standard InChI is InChI=1S/C17H31NO.C15H19N3O4S/c19-15-18(13-5-11-16-7-1-2-8-16)14-6-12-17-9-3-4-10-17;16-14(20)11-1-3-13(4-2-11)21-7-5-17-9-12(19)10-22-15-18-6-8-23-15/h15-17H,1-14H2;1-4,6,8,12,17,19H,5,7,9-10H2,(H2,16,20). The number of nitrogens with two attached hydrogens (primary N) is 1. The summed E-state index contributed by atoms with van der Waals surface area (Å²) in [5, 5.41) is 15.2. The number of amides is 2. The second-order valence-corrected chi connectivity index (χ2v) is 12.3. The van der Waals surface area contributed by atoms with Crippen molar-refractivity contribution in [2.24, 2.45) is 17.6 Å². The van der Waals surface area contributed by atoms with Crippen molar-refractivity contribution in [3.8, 4) is 10.9 Å². The molecule has 0 radical (unpaired) electrons. The molecule has 1 atom stereocenters. The number of aromatic nitrogens is 1. The molecule has 10 heteroatoms. The number of thiazole rings is 1. The van der Waals surface area contributed by atoms with Gasteiger partial charge < -0.3 is 30.5 Å². The fourth-order valence-corrected chi connectivity index (χ4v) is 6.21. The van der Waals surface area contributed by atoms with Gasteiger partial charge >= 0.3 is 0 Å². The predicted molar refractivity (Wildman–Crippen MR) is 167 cm³/mol. The van der Waals surface area contributed by atoms with Gasteiger partial charge in [-0.05, 0) is 61.8 Å². The highest BCUT2D eigenvalue weighted by atomic mass is 32.1. The molecule has 4 rings (SSSR count). The summed E-state index contributed by atoms with van der Waals surface area (Å²) in [7, 11) is 0. The van der Waals surface area contributed by atoms with E-state index in [1.807, 2.05) is 10.3 Å². The predicted octanol–water partition coefficient (Wildman–Crippen LogP) is 5.04. The first-order chi connectivity index (χ1) is 20.5. The minimum atomic E-state index is -0.617. The number of aliphatic hydroxyl groups excluding tert-OH is 1. The van der Waals surface area contributed by atoms with E-state index in [0.717, 1.165) is 31.3 Å². The minimum Gasteiger partial charge on any atom is -0.492 e. The first kappa shape index (κ1) is 33.8. The summed E-state index contributed by atoms with van der Waals surface area (Å²) in [6.45, 7) is 3.59. The monoisotopic (exact) mass is 602 g/mol. The summed E-state index contributed by atoms with van der Waals surface area (Å²) in [6, 6.07) is 6.61. The first-order valence-corrected chi connectivity index (χ1v) is 16.5. The molecular weight excluding hydrogens is 552 g/mol. The van der Waals surface area contributed by atoms with E-state index in [1.54, 1.807) is 30.5 Å². The van der Waals surface area contributed by atoms with E-state index in [2.05, 4.69) is 10.3 Å². The van der Waals surface area contributed by atoms with Gasteiger partial charge in [0.15, 0.2) is 0 Å². The Balaban J connectivity index is 0.000000235. The second kappa shape index (κ2) is 20.3. The number of rotatable bonds is 19. The zero-order valence-electron chi connectivity index (χ0n) is 25.0. The Bertz CT molecular complexity index is 957. The van der Waals surface area contributed by atoms with E-state index < -0.39 is 12.0 Å². The number of nitrogens with zero attached hydrogens (tertiary/aromatic N) is 2. The van der Waals surface area contributed by atoms with Crippen LogP contribution in [0.15, 0.2) is 35.8 Å². The third-order valence-corrected chi connectivity index (χ3v) is 8.77. The molecule has 0 spiro atoms. The Kier molecular flexibility index (Phi) is 16.3. The molecule has 2 aliphatic carbocycles. The summed E-state index contributed by atoms with van der Waals surface area (Å²) < 4.78 is 10.8. The molecule has 2 aliphatic rings. The van der Waals surface area contributed by atoms with E-state index in [0.29, 0.717) is 36.2 Å². The molecule has 1 heterocycles. The summed E-state index contributed by atoms with van der Waals surface area (Å²) in [5.74, 6) is 2.12. The van der Waals surface area contributed by atoms with Gasteiger partial charge in [-0.1, -0.05) is 62.7 Å². The maximum absolute atomic E-state index is 11.1. The van der Waals surface area contributed by atoms with Gasteiger partial charge in [-0.3, -0.25) is 9.59 Å². The Morgan fingerprint density at radius 1 is 1.05 bits per heavy atom. The Morgan fingerprint density at radius 2 is 1.67 bits per heavy atom. The van der Waals surface area contributed by atoms with Crippen molar-refractivity contribution in [2.75, 3.05) is 39.4 Å². The minimum absolute atomic E-state index is 0.190. The lowest BCUT2D eigenvalue weighted by molar-refractivity contribution is -0.118. The Hall–Kier alpha value is -2.69. The number of hydrogen-bond acceptors (Lipinski definition) is 8. The van der Waals surface area contributed by atoms with Crippen LogP contribution in [0.3, 0.4) is 0 Å². The van der Waals surface area contributed by atoms with Gasteiger partial charge in [0.2, 0.25) is 12.3 Å². The molecule has 0 saturated heterocycles. The van der Waals surface area contributed by atoms with Crippen LogP contribution in [0.2, 0.25) is 0 Å². The normalized spacial score (nSPS) is 16.0. The van der Waals surface area contributed by atoms with E-state index in [1.165, 1.54) is 88.4 Å². The van der Waals surface area contributed by atoms with Crippen molar-refractivity contribution < 1.29 is 24.2 Å². The number of ether oxygens (including phenoxy) is 2. The van der Waals surface area contributed by atoms with E-state index in [4.69, 9.17) is 15.2 Å². The van der Waals surface area contributed by atoms with Crippen molar-refractivity contribution in [2.45, 2.75) is 83.2 Å². The fourth-order valence-electron chi connectivity index (χ4n) is 5.71. The SMILES string of the molecule is NC(=O)c1ccc(OCCNCC(O)COc2nccs2)cc1.O=CN(CCCC1CCCC1)CCCC1CCCC1. The Morgan fingerprint density at radius 3 is 2.19 bits per heavy atom. The molecule has 0 aliphatic heterocycles. The highest BCUT2D eigenvalue weighted by molar-refractivity contribution is 7.11. The summed E-state index contributed by atoms with van der Waals surface area (Å²) in [5.41, 5.74) is 5.60. The first-order valence-electron chi connectivity index (χ1n) is 15.7. The maximum Gasteiger partial charge on any atom is 0.273 e. The van der Waals surface area contributed by atoms with Crippen LogP contribution in [0.25, 0.3) is 0 Å². The summed E-state index contributed by atoms with van der Waals surface area (Å²) >= 11 is 1.38. The van der Waals surface area contributed by atoms with Gasteiger partial charge in [0.25, 0.3) is 5.19 Å². The maximum atomic E-state index is 11.1. The molecule has 2 fully saturated rings.